The third kappa shape index (κ3) is 31.5. The van der Waals surface area contributed by atoms with Crippen molar-refractivity contribution in [3.8, 4) is 0 Å². The van der Waals surface area contributed by atoms with E-state index in [2.05, 4.69) is 53.2 Å². The highest BCUT2D eigenvalue weighted by Crippen LogP contribution is 2.16. The van der Waals surface area contributed by atoms with E-state index in [1.54, 1.807) is 30.3 Å². The summed E-state index contributed by atoms with van der Waals surface area (Å²) < 4.78 is 0. The van der Waals surface area contributed by atoms with Gasteiger partial charge in [0.25, 0.3) is 0 Å². The quantitative estimate of drug-likeness (QED) is 0.0402. The van der Waals surface area contributed by atoms with Gasteiger partial charge in [-0.3, -0.25) is 52.7 Å². The van der Waals surface area contributed by atoms with E-state index < -0.39 is 125 Å². The van der Waals surface area contributed by atoms with Crippen LogP contribution >= 0.6 is 0 Å². The Morgan fingerprint density at radius 1 is 0.326 bits per heavy atom. The lowest BCUT2D eigenvalue weighted by Crippen LogP contribution is -2.61. The van der Waals surface area contributed by atoms with Crippen molar-refractivity contribution >= 4 is 65.0 Å². The van der Waals surface area contributed by atoms with Gasteiger partial charge >= 0.3 is 0 Å². The normalized spacial score (nSPS) is 23.9. The van der Waals surface area contributed by atoms with E-state index in [0.29, 0.717) is 69.8 Å². The molecule has 0 spiro atoms. The summed E-state index contributed by atoms with van der Waals surface area (Å²) in [6.45, 7) is 12.2. The molecular weight excluding hydrogens is 1140 g/mol. The molecule has 504 valence electrons. The topological polar surface area (TPSA) is 464 Å². The number of carbonyl (C=O) groups is 11. The standard InChI is InChI=1S/C62H110N16O11/c1-38(2)34-48-59(86)72-43(23-11-16-30-64)54(81)69-42(22-10-15-29-63)53(80)70-45(25-13-18-32-66)57(84)78-51(37-41-20-8-7-9-21-41)62(89)73-46(26-14-19-33-67)56(83)76-50(36-40(5)6)61(88)77-49(35-39(3)4)60(87)74-47(27-28-52(68)79)58(85)71-44(55(82)75-48)24-12-17-31-65/h7-9,20-21,38-40,42-51H,10-19,22-37,63-67H2,1-6H3,(H2,68,79)(H,69,81)(H,70,80)(H,71,85)(H,72,86)(H,73,89)(H,74,87)(H,75,82)(H,76,83)(H,77,88)(H,78,84)/t42-,43-,44-,45-,46-,47-,48-,49-,50-,51-/m0/s1. The van der Waals surface area contributed by atoms with Crippen molar-refractivity contribution in [2.24, 2.45) is 52.2 Å². The highest BCUT2D eigenvalue weighted by molar-refractivity contribution is 5.99. The zero-order chi connectivity index (χ0) is 66.4. The molecule has 0 saturated carbocycles. The third-order valence-corrected chi connectivity index (χ3v) is 15.1. The molecule has 27 heteroatoms. The van der Waals surface area contributed by atoms with Gasteiger partial charge < -0.3 is 87.6 Å². The molecule has 1 aromatic carbocycles. The van der Waals surface area contributed by atoms with E-state index in [4.69, 9.17) is 34.4 Å². The molecule has 89 heavy (non-hydrogen) atoms. The molecule has 1 aliphatic rings. The molecule has 0 aromatic heterocycles. The van der Waals surface area contributed by atoms with Crippen LogP contribution < -0.4 is 87.6 Å². The highest BCUT2D eigenvalue weighted by atomic mass is 16.2. The van der Waals surface area contributed by atoms with Crippen LogP contribution in [0.3, 0.4) is 0 Å². The first kappa shape index (κ1) is 78.3. The third-order valence-electron chi connectivity index (χ3n) is 15.1. The maximum absolute atomic E-state index is 14.8. The van der Waals surface area contributed by atoms with Crippen molar-refractivity contribution in [3.63, 3.8) is 0 Å². The summed E-state index contributed by atoms with van der Waals surface area (Å²) in [7, 11) is 0. The zero-order valence-corrected chi connectivity index (χ0v) is 53.7. The summed E-state index contributed by atoms with van der Waals surface area (Å²) in [6, 6.07) is -4.30. The second-order valence-electron chi connectivity index (χ2n) is 24.6. The Labute approximate surface area is 526 Å². The van der Waals surface area contributed by atoms with Crippen molar-refractivity contribution < 1.29 is 52.7 Å². The number of hydrogen-bond donors (Lipinski definition) is 16. The van der Waals surface area contributed by atoms with Gasteiger partial charge in [-0.05, 0) is 178 Å². The van der Waals surface area contributed by atoms with Crippen LogP contribution in [0.2, 0.25) is 0 Å². The Balaban J connectivity index is 3.01. The van der Waals surface area contributed by atoms with Crippen LogP contribution in [0.5, 0.6) is 0 Å². The Morgan fingerprint density at radius 2 is 0.539 bits per heavy atom. The van der Waals surface area contributed by atoms with E-state index >= 15 is 0 Å². The molecule has 10 atom stereocenters. The summed E-state index contributed by atoms with van der Waals surface area (Å²) in [5.74, 6) is -9.15. The first-order chi connectivity index (χ1) is 42.4. The van der Waals surface area contributed by atoms with Gasteiger partial charge in [0.1, 0.15) is 60.4 Å². The number of benzene rings is 1. The van der Waals surface area contributed by atoms with Crippen LogP contribution in [-0.2, 0) is 59.2 Å². The Kier molecular flexibility index (Phi) is 38.5. The van der Waals surface area contributed by atoms with E-state index in [1.807, 2.05) is 41.5 Å². The molecule has 1 aromatic rings. The maximum atomic E-state index is 14.8. The molecule has 27 nitrogen and oxygen atoms in total. The second-order valence-corrected chi connectivity index (χ2v) is 24.6. The molecule has 1 heterocycles. The predicted molar refractivity (Wildman–Crippen MR) is 341 cm³/mol. The fourth-order valence-electron chi connectivity index (χ4n) is 10.3. The molecule has 1 saturated heterocycles. The number of rotatable bonds is 31. The highest BCUT2D eigenvalue weighted by Gasteiger charge is 2.37. The van der Waals surface area contributed by atoms with Crippen LogP contribution in [0.25, 0.3) is 0 Å². The minimum absolute atomic E-state index is 0.0232. The molecule has 22 N–H and O–H groups in total. The van der Waals surface area contributed by atoms with Crippen LogP contribution in [0.15, 0.2) is 30.3 Å². The van der Waals surface area contributed by atoms with Gasteiger partial charge in [0, 0.05) is 12.8 Å². The van der Waals surface area contributed by atoms with Gasteiger partial charge in [-0.25, -0.2) is 0 Å². The van der Waals surface area contributed by atoms with Gasteiger partial charge in [-0.1, -0.05) is 71.9 Å². The molecule has 11 amide bonds. The minimum Gasteiger partial charge on any atom is -0.370 e. The summed E-state index contributed by atoms with van der Waals surface area (Å²) in [4.78, 5) is 158. The van der Waals surface area contributed by atoms with Crippen molar-refractivity contribution in [2.45, 2.75) is 237 Å². The van der Waals surface area contributed by atoms with Crippen LogP contribution in [0.4, 0.5) is 0 Å². The lowest BCUT2D eigenvalue weighted by molar-refractivity contribution is -0.137. The fourth-order valence-corrected chi connectivity index (χ4v) is 10.3. The maximum Gasteiger partial charge on any atom is 0.243 e. The minimum atomic E-state index is -1.49. The number of nitrogens with two attached hydrogens (primary N) is 6. The van der Waals surface area contributed by atoms with Crippen LogP contribution in [0, 0.1) is 17.8 Å². The predicted octanol–water partition coefficient (Wildman–Crippen LogP) is -0.861. The Bertz CT molecular complexity index is 2370. The van der Waals surface area contributed by atoms with E-state index in [-0.39, 0.29) is 121 Å². The first-order valence-electron chi connectivity index (χ1n) is 32.2. The fraction of sp³-hybridized carbons (Fsp3) is 0.726. The molecule has 0 unspecified atom stereocenters. The van der Waals surface area contributed by atoms with Gasteiger partial charge in [-0.15, -0.1) is 0 Å². The van der Waals surface area contributed by atoms with Gasteiger partial charge in [-0.2, -0.15) is 0 Å². The molecule has 1 fully saturated rings. The second kappa shape index (κ2) is 43.8. The van der Waals surface area contributed by atoms with Crippen molar-refractivity contribution in [3.05, 3.63) is 35.9 Å². The van der Waals surface area contributed by atoms with E-state index in [1.165, 1.54) is 0 Å². The number of amides is 11. The molecule has 0 bridgehead atoms. The Morgan fingerprint density at radius 3 is 0.775 bits per heavy atom. The van der Waals surface area contributed by atoms with Crippen LogP contribution in [0.1, 0.15) is 176 Å². The average molecular weight is 1260 g/mol. The molecule has 1 aliphatic heterocycles. The summed E-state index contributed by atoms with van der Waals surface area (Å²) in [6.07, 6.45) is 3.83. The van der Waals surface area contributed by atoms with Gasteiger partial charge in [0.05, 0.1) is 0 Å². The van der Waals surface area contributed by atoms with Gasteiger partial charge in [0.15, 0.2) is 0 Å². The number of hydrogen-bond acceptors (Lipinski definition) is 16. The monoisotopic (exact) mass is 1250 g/mol. The largest absolute Gasteiger partial charge is 0.370 e. The van der Waals surface area contributed by atoms with E-state index in [9.17, 15) is 52.7 Å². The number of unbranched alkanes of at least 4 members (excludes halogenated alkanes) is 5. The van der Waals surface area contributed by atoms with Crippen LogP contribution in [-0.4, -0.2) is 158 Å². The average Bonchev–Trinajstić information content (AvgIpc) is 3.50. The summed E-state index contributed by atoms with van der Waals surface area (Å²) in [5, 5.41) is 27.9. The lowest BCUT2D eigenvalue weighted by atomic mass is 9.98. The van der Waals surface area contributed by atoms with E-state index in [0.717, 1.165) is 0 Å². The van der Waals surface area contributed by atoms with Crippen molar-refractivity contribution in [1.29, 1.82) is 0 Å². The summed E-state index contributed by atoms with van der Waals surface area (Å²) >= 11 is 0. The molecule has 0 radical (unpaired) electrons. The Hall–Kier alpha value is -6.81. The first-order valence-corrected chi connectivity index (χ1v) is 32.2. The van der Waals surface area contributed by atoms with Crippen molar-refractivity contribution in [1.82, 2.24) is 53.2 Å². The number of primary amides is 1. The molecule has 0 aliphatic carbocycles. The zero-order valence-electron chi connectivity index (χ0n) is 53.7. The summed E-state index contributed by atoms with van der Waals surface area (Å²) in [5.41, 5.74) is 35.6. The SMILES string of the molecule is CC(C)C[C@@H]1NC(=O)[C@H](CCCCN)NC(=O)[C@H](CCC(N)=O)NC(=O)[C@H](CC(C)C)NC(=O)[C@H](CC(C)C)NC(=O)[C@H](CCCCN)NC(=O)[C@H](Cc2ccccc2)NC(=O)[C@H](CCCCN)NC(=O)[C@H](CCCCN)NC(=O)[C@H](CCCCN)NC1=O. The lowest BCUT2D eigenvalue weighted by Gasteiger charge is -2.30. The molecular formula is C62H110N16O11. The smallest absolute Gasteiger partial charge is 0.243 e. The number of nitrogens with one attached hydrogen (secondary N) is 10. The number of carbonyl (C=O) groups excluding carboxylic acids is 11. The van der Waals surface area contributed by atoms with Gasteiger partial charge in [0.2, 0.25) is 65.0 Å². The molecule has 2 rings (SSSR count). The van der Waals surface area contributed by atoms with Crippen molar-refractivity contribution in [2.75, 3.05) is 32.7 Å².